The van der Waals surface area contributed by atoms with E-state index in [-0.39, 0.29) is 25.7 Å². The van der Waals surface area contributed by atoms with Crippen LogP contribution in [-0.2, 0) is 20.1 Å². The second-order valence-electron chi connectivity index (χ2n) is 12.6. The Morgan fingerprint density at radius 2 is 1.53 bits per heavy atom. The van der Waals surface area contributed by atoms with Crippen molar-refractivity contribution in [3.8, 4) is 28.3 Å². The van der Waals surface area contributed by atoms with E-state index in [4.69, 9.17) is 9.10 Å². The van der Waals surface area contributed by atoms with Crippen LogP contribution >= 0.6 is 11.3 Å². The van der Waals surface area contributed by atoms with Gasteiger partial charge in [-0.1, -0.05) is 117 Å². The van der Waals surface area contributed by atoms with Crippen molar-refractivity contribution in [2.24, 2.45) is 0 Å². The van der Waals surface area contributed by atoms with Gasteiger partial charge in [0.1, 0.15) is 0 Å². The van der Waals surface area contributed by atoms with E-state index in [1.165, 1.54) is 38.7 Å². The van der Waals surface area contributed by atoms with Crippen molar-refractivity contribution in [3.05, 3.63) is 137 Å². The quantitative estimate of drug-likeness (QED) is 0.157. The van der Waals surface area contributed by atoms with Crippen LogP contribution in [0, 0.1) is 18.3 Å². The van der Waals surface area contributed by atoms with Gasteiger partial charge in [0.25, 0.3) is 0 Å². The minimum absolute atomic E-state index is 0. The number of aryl methyl sites for hydroxylation is 1. The third-order valence-corrected chi connectivity index (χ3v) is 9.17. The molecule has 0 bridgehead atoms. The van der Waals surface area contributed by atoms with E-state index in [1.54, 1.807) is 29.5 Å². The van der Waals surface area contributed by atoms with Crippen LogP contribution in [0.5, 0.6) is 0 Å². The molecule has 3 heterocycles. The summed E-state index contributed by atoms with van der Waals surface area (Å²) in [6, 6.07) is 35.9. The van der Waals surface area contributed by atoms with Gasteiger partial charge in [-0.05, 0) is 59.1 Å². The topological polar surface area (TPSA) is 30.7 Å². The Morgan fingerprint density at radius 1 is 0.787 bits per heavy atom. The van der Waals surface area contributed by atoms with Crippen LogP contribution in [0.1, 0.15) is 85.7 Å². The molecule has 0 atom stereocenters. The molecule has 47 heavy (non-hydrogen) atoms. The zero-order valence-electron chi connectivity index (χ0n) is 30.6. The molecule has 4 aromatic carbocycles. The predicted octanol–water partition coefficient (Wildman–Crippen LogP) is 11.9. The molecule has 0 amide bonds. The third-order valence-electron chi connectivity index (χ3n) is 8.30. The van der Waals surface area contributed by atoms with Gasteiger partial charge in [0, 0.05) is 36.1 Å². The van der Waals surface area contributed by atoms with Gasteiger partial charge in [-0.3, -0.25) is 16.3 Å². The summed E-state index contributed by atoms with van der Waals surface area (Å²) in [5.74, 6) is 2.31. The smallest absolute Gasteiger partial charge is 0.0774 e. The van der Waals surface area contributed by atoms with Crippen LogP contribution < -0.4 is 0 Å². The van der Waals surface area contributed by atoms with E-state index in [2.05, 4.69) is 123 Å². The number of fused-ring (bicyclic) bond motifs is 2. The first kappa shape index (κ1) is 30.4. The number of rotatable bonds is 6. The summed E-state index contributed by atoms with van der Waals surface area (Å²) in [4.78, 5) is 9.30. The van der Waals surface area contributed by atoms with Gasteiger partial charge in [-0.2, -0.15) is 0 Å². The summed E-state index contributed by atoms with van der Waals surface area (Å²) in [5.41, 5.74) is 10.5. The van der Waals surface area contributed by atoms with Crippen molar-refractivity contribution in [1.82, 2.24) is 14.5 Å². The number of hydrogen-bond donors (Lipinski definition) is 0. The van der Waals surface area contributed by atoms with Gasteiger partial charge in [0.15, 0.2) is 0 Å². The fraction of sp³-hybridized carbons (Fsp3) is 0.238. The van der Waals surface area contributed by atoms with Crippen molar-refractivity contribution < 1.29 is 24.2 Å². The van der Waals surface area contributed by atoms with Gasteiger partial charge >= 0.3 is 0 Å². The number of benzene rings is 4. The monoisotopic (exact) mass is 815 g/mol. The normalized spacial score (nSPS) is 12.5. The number of pyridine rings is 1. The maximum atomic E-state index is 7.23. The summed E-state index contributed by atoms with van der Waals surface area (Å²) in [7, 11) is 0. The number of nitrogens with zero attached hydrogens (tertiary/aromatic N) is 3. The van der Waals surface area contributed by atoms with Crippen molar-refractivity contribution in [2.75, 3.05) is 0 Å². The molecule has 7 rings (SSSR count). The number of thiophene rings is 1. The van der Waals surface area contributed by atoms with Crippen molar-refractivity contribution in [3.63, 3.8) is 0 Å². The zero-order chi connectivity index (χ0) is 34.9. The van der Waals surface area contributed by atoms with E-state index < -0.39 is 6.85 Å². The molecule has 0 unspecified atom stereocenters. The molecule has 0 aliphatic rings. The predicted molar refractivity (Wildman–Crippen MR) is 196 cm³/mol. The summed E-state index contributed by atoms with van der Waals surface area (Å²) >= 11 is 1.70. The molecule has 0 aliphatic carbocycles. The second kappa shape index (κ2) is 14.9. The molecule has 241 valence electrons. The molecule has 5 heteroatoms. The van der Waals surface area contributed by atoms with Crippen molar-refractivity contribution in [1.29, 1.82) is 0 Å². The van der Waals surface area contributed by atoms with Crippen molar-refractivity contribution >= 4 is 32.5 Å². The fourth-order valence-corrected chi connectivity index (χ4v) is 6.70. The van der Waals surface area contributed by atoms with Crippen molar-refractivity contribution in [2.45, 2.75) is 66.1 Å². The number of hydrogen-bond acceptors (Lipinski definition) is 3. The van der Waals surface area contributed by atoms with Crippen LogP contribution in [-0.4, -0.2) is 14.5 Å². The second-order valence-corrected chi connectivity index (χ2v) is 13.4. The molecule has 1 radical (unpaired) electrons. The van der Waals surface area contributed by atoms with E-state index in [9.17, 15) is 0 Å². The SMILES string of the molecule is CC(C)c1ccc2c(-c3nc4ccccc4n3-c3c(C(C)C)cccc3C(C)C)[c-]sc2c1.[2H]C([2H])([2H])c1ccc(-c2[c-]cccc2)nc1.[Ir]. The molecule has 3 aromatic heterocycles. The molecule has 0 saturated carbocycles. The van der Waals surface area contributed by atoms with Gasteiger partial charge in [0.05, 0.1) is 16.9 Å². The molecule has 3 nitrogen and oxygen atoms in total. The third kappa shape index (κ3) is 7.18. The molecular weight excluding hydrogens is 771 g/mol. The average molecular weight is 815 g/mol. The number of para-hydroxylation sites is 3. The Bertz CT molecular complexity index is 2170. The maximum Gasteiger partial charge on any atom is 0.0774 e. The number of imidazole rings is 1. The van der Waals surface area contributed by atoms with E-state index in [1.807, 2.05) is 18.2 Å². The minimum atomic E-state index is -2.09. The van der Waals surface area contributed by atoms with Gasteiger partial charge in [-0.15, -0.1) is 47.3 Å². The van der Waals surface area contributed by atoms with Crippen LogP contribution in [0.25, 0.3) is 49.5 Å². The van der Waals surface area contributed by atoms with Crippen LogP contribution in [0.4, 0.5) is 0 Å². The Labute approximate surface area is 301 Å². The summed E-state index contributed by atoms with van der Waals surface area (Å²) < 4.78 is 25.4. The zero-order valence-corrected chi connectivity index (χ0v) is 30.8. The summed E-state index contributed by atoms with van der Waals surface area (Å²) in [6.45, 7) is 11.5. The van der Waals surface area contributed by atoms with Gasteiger partial charge < -0.3 is 9.55 Å². The average Bonchev–Trinajstić information content (AvgIpc) is 3.69. The molecule has 0 N–H and O–H groups in total. The minimum Gasteiger partial charge on any atom is -0.333 e. The standard InChI is InChI=1S/C30H31N2S.C12H10N.Ir/c1-18(2)21-14-15-24-25(17-33-28(24)16-21)30-31-26-12-7-8-13-27(26)32(30)29-22(19(3)4)10-9-11-23(29)20(5)6;1-10-7-8-12(13-9-10)11-5-3-2-4-6-11;/h7-16,18-20H,1-6H3;2-5,7-9H,1H3;/q2*-1;/i;1D3;. The summed E-state index contributed by atoms with van der Waals surface area (Å²) in [5, 5.41) is 4.85. The molecule has 0 aliphatic heterocycles. The van der Waals surface area contributed by atoms with Crippen LogP contribution in [0.3, 0.4) is 0 Å². The van der Waals surface area contributed by atoms with Crippen LogP contribution in [0.2, 0.25) is 0 Å². The Morgan fingerprint density at radius 3 is 2.17 bits per heavy atom. The summed E-state index contributed by atoms with van der Waals surface area (Å²) in [6.07, 6.45) is 1.39. The molecule has 7 aromatic rings. The van der Waals surface area contributed by atoms with E-state index >= 15 is 0 Å². The Kier molecular flexibility index (Phi) is 9.65. The first-order chi connectivity index (χ1) is 23.4. The number of aromatic nitrogens is 3. The fourth-order valence-electron chi connectivity index (χ4n) is 5.81. The van der Waals surface area contributed by atoms with Gasteiger partial charge in [-0.25, -0.2) is 0 Å². The first-order valence-corrected chi connectivity index (χ1v) is 16.7. The maximum absolute atomic E-state index is 7.23. The Balaban J connectivity index is 0.000000241. The Hall–Kier alpha value is -3.89. The molecular formula is C42H41IrN3S-2. The van der Waals surface area contributed by atoms with Gasteiger partial charge in [0.2, 0.25) is 0 Å². The van der Waals surface area contributed by atoms with E-state index in [0.717, 1.165) is 33.7 Å². The van der Waals surface area contributed by atoms with E-state index in [0.29, 0.717) is 17.8 Å². The first-order valence-electron chi connectivity index (χ1n) is 17.4. The largest absolute Gasteiger partial charge is 0.333 e. The molecule has 0 spiro atoms. The molecule has 0 saturated heterocycles. The van der Waals surface area contributed by atoms with Crippen LogP contribution in [0.15, 0.2) is 103 Å². The molecule has 0 fully saturated rings.